The van der Waals surface area contributed by atoms with Crippen LogP contribution in [-0.2, 0) is 10.8 Å². The number of nitrogens with two attached hydrogens (primary N) is 1. The summed E-state index contributed by atoms with van der Waals surface area (Å²) < 4.78 is 12.2. The van der Waals surface area contributed by atoms with Crippen LogP contribution in [0.25, 0.3) is 0 Å². The van der Waals surface area contributed by atoms with Crippen molar-refractivity contribution in [2.45, 2.75) is 0 Å². The van der Waals surface area contributed by atoms with E-state index in [2.05, 4.69) is 26.0 Å². The van der Waals surface area contributed by atoms with Crippen molar-refractivity contribution in [2.24, 2.45) is 10.9 Å². The molecule has 1 fully saturated rings. The second-order valence-electron chi connectivity index (χ2n) is 3.99. The van der Waals surface area contributed by atoms with Crippen LogP contribution in [0.2, 0.25) is 0 Å². The van der Waals surface area contributed by atoms with E-state index in [0.29, 0.717) is 17.1 Å². The molecular formula is C11H14BrN3O2S. The average molecular weight is 332 g/mol. The van der Waals surface area contributed by atoms with Crippen LogP contribution in [-0.4, -0.2) is 39.8 Å². The lowest BCUT2D eigenvalue weighted by Gasteiger charge is -2.29. The third kappa shape index (κ3) is 2.84. The van der Waals surface area contributed by atoms with Gasteiger partial charge in [0.1, 0.15) is 0 Å². The monoisotopic (exact) mass is 331 g/mol. The topological polar surface area (TPSA) is 78.9 Å². The maximum atomic E-state index is 11.3. The molecule has 0 radical (unpaired) electrons. The van der Waals surface area contributed by atoms with E-state index in [-0.39, 0.29) is 5.84 Å². The SMILES string of the molecule is N/C(=N/O)c1ccc(N2CCS(=O)CC2)c(Br)c1. The number of amidine groups is 1. The van der Waals surface area contributed by atoms with Gasteiger partial charge in [-0.1, -0.05) is 5.16 Å². The third-order valence-corrected chi connectivity index (χ3v) is 4.78. The summed E-state index contributed by atoms with van der Waals surface area (Å²) in [4.78, 5) is 2.18. The molecule has 7 heteroatoms. The van der Waals surface area contributed by atoms with Crippen LogP contribution in [0.15, 0.2) is 27.8 Å². The molecule has 0 spiro atoms. The molecule has 0 bridgehead atoms. The molecule has 0 aromatic heterocycles. The number of nitrogens with zero attached hydrogens (tertiary/aromatic N) is 2. The second kappa shape index (κ2) is 5.71. The van der Waals surface area contributed by atoms with E-state index in [1.165, 1.54) is 0 Å². The van der Waals surface area contributed by atoms with E-state index in [0.717, 1.165) is 23.2 Å². The van der Waals surface area contributed by atoms with Gasteiger partial charge in [0.15, 0.2) is 5.84 Å². The first-order valence-electron chi connectivity index (χ1n) is 5.49. The summed E-state index contributed by atoms with van der Waals surface area (Å²) in [6, 6.07) is 5.54. The van der Waals surface area contributed by atoms with Crippen molar-refractivity contribution in [2.75, 3.05) is 29.5 Å². The highest BCUT2D eigenvalue weighted by Crippen LogP contribution is 2.28. The molecule has 98 valence electrons. The molecule has 18 heavy (non-hydrogen) atoms. The Labute approximate surface area is 116 Å². The Morgan fingerprint density at radius 2 is 2.11 bits per heavy atom. The van der Waals surface area contributed by atoms with E-state index in [1.54, 1.807) is 6.07 Å². The molecule has 1 aliphatic rings. The lowest BCUT2D eigenvalue weighted by Crippen LogP contribution is -2.37. The third-order valence-electron chi connectivity index (χ3n) is 2.87. The molecule has 1 saturated heterocycles. The Balaban J connectivity index is 2.22. The summed E-state index contributed by atoms with van der Waals surface area (Å²) in [5, 5.41) is 11.6. The van der Waals surface area contributed by atoms with Gasteiger partial charge in [0.2, 0.25) is 0 Å². The van der Waals surface area contributed by atoms with Crippen LogP contribution in [0.5, 0.6) is 0 Å². The first kappa shape index (κ1) is 13.4. The maximum Gasteiger partial charge on any atom is 0.170 e. The zero-order valence-electron chi connectivity index (χ0n) is 9.67. The van der Waals surface area contributed by atoms with E-state index < -0.39 is 10.8 Å². The van der Waals surface area contributed by atoms with Crippen LogP contribution >= 0.6 is 15.9 Å². The van der Waals surface area contributed by atoms with E-state index in [9.17, 15) is 4.21 Å². The summed E-state index contributed by atoms with van der Waals surface area (Å²) in [5.74, 6) is 1.49. The van der Waals surface area contributed by atoms with Gasteiger partial charge in [-0.15, -0.1) is 0 Å². The molecule has 0 amide bonds. The minimum atomic E-state index is -0.684. The number of halogens is 1. The summed E-state index contributed by atoms with van der Waals surface area (Å²) in [5.41, 5.74) is 7.24. The molecule has 1 aromatic carbocycles. The summed E-state index contributed by atoms with van der Waals surface area (Å²) in [6.45, 7) is 1.57. The smallest absolute Gasteiger partial charge is 0.170 e. The van der Waals surface area contributed by atoms with Crippen LogP contribution < -0.4 is 10.6 Å². The lowest BCUT2D eigenvalue weighted by atomic mass is 10.2. The predicted molar refractivity (Wildman–Crippen MR) is 76.7 cm³/mol. The molecule has 5 nitrogen and oxygen atoms in total. The summed E-state index contributed by atoms with van der Waals surface area (Å²) >= 11 is 3.49. The fourth-order valence-corrected chi connectivity index (χ4v) is 3.54. The molecule has 0 unspecified atom stereocenters. The number of benzene rings is 1. The van der Waals surface area contributed by atoms with Crippen molar-refractivity contribution in [1.29, 1.82) is 0 Å². The fraction of sp³-hybridized carbons (Fsp3) is 0.364. The molecule has 0 aliphatic carbocycles. The van der Waals surface area contributed by atoms with Gasteiger partial charge in [-0.3, -0.25) is 4.21 Å². The lowest BCUT2D eigenvalue weighted by molar-refractivity contribution is 0.318. The van der Waals surface area contributed by atoms with Gasteiger partial charge in [0, 0.05) is 45.4 Å². The van der Waals surface area contributed by atoms with Gasteiger partial charge in [-0.05, 0) is 34.1 Å². The molecule has 1 aliphatic heterocycles. The van der Waals surface area contributed by atoms with Crippen molar-refractivity contribution >= 4 is 38.3 Å². The zero-order chi connectivity index (χ0) is 13.1. The largest absolute Gasteiger partial charge is 0.409 e. The van der Waals surface area contributed by atoms with Gasteiger partial charge >= 0.3 is 0 Å². The second-order valence-corrected chi connectivity index (χ2v) is 6.54. The average Bonchev–Trinajstić information content (AvgIpc) is 2.39. The van der Waals surface area contributed by atoms with Crippen molar-refractivity contribution < 1.29 is 9.42 Å². The Hall–Kier alpha value is -1.08. The van der Waals surface area contributed by atoms with Gasteiger partial charge in [0.05, 0.1) is 5.69 Å². The van der Waals surface area contributed by atoms with E-state index in [4.69, 9.17) is 10.9 Å². The van der Waals surface area contributed by atoms with Crippen LogP contribution in [0.3, 0.4) is 0 Å². The molecule has 1 heterocycles. The van der Waals surface area contributed by atoms with E-state index in [1.807, 2.05) is 12.1 Å². The van der Waals surface area contributed by atoms with Gasteiger partial charge in [-0.2, -0.15) is 0 Å². The molecule has 0 atom stereocenters. The minimum absolute atomic E-state index is 0.0852. The highest BCUT2D eigenvalue weighted by atomic mass is 79.9. The Kier molecular flexibility index (Phi) is 4.23. The number of rotatable bonds is 2. The quantitative estimate of drug-likeness (QED) is 0.368. The van der Waals surface area contributed by atoms with Gasteiger partial charge in [0.25, 0.3) is 0 Å². The van der Waals surface area contributed by atoms with Crippen molar-refractivity contribution in [1.82, 2.24) is 0 Å². The highest BCUT2D eigenvalue weighted by molar-refractivity contribution is 9.10. The summed E-state index contributed by atoms with van der Waals surface area (Å²) in [6.07, 6.45) is 0. The molecular weight excluding hydrogens is 318 g/mol. The standard InChI is InChI=1S/C11H14BrN3O2S/c12-9-7-8(11(13)14-16)1-2-10(9)15-3-5-18(17)6-4-15/h1-2,7,16H,3-6H2,(H2,13,14). The molecule has 1 aromatic rings. The number of hydrogen-bond donors (Lipinski definition) is 2. The van der Waals surface area contributed by atoms with Crippen LogP contribution in [0.1, 0.15) is 5.56 Å². The molecule has 3 N–H and O–H groups in total. The number of oxime groups is 1. The first-order chi connectivity index (χ1) is 8.61. The van der Waals surface area contributed by atoms with Crippen molar-refractivity contribution in [3.8, 4) is 0 Å². The minimum Gasteiger partial charge on any atom is -0.409 e. The fourth-order valence-electron chi connectivity index (χ4n) is 1.86. The van der Waals surface area contributed by atoms with Crippen LogP contribution in [0, 0.1) is 0 Å². The van der Waals surface area contributed by atoms with Gasteiger partial charge in [-0.25, -0.2) is 0 Å². The van der Waals surface area contributed by atoms with E-state index >= 15 is 0 Å². The van der Waals surface area contributed by atoms with Crippen molar-refractivity contribution in [3.63, 3.8) is 0 Å². The molecule has 0 saturated carbocycles. The van der Waals surface area contributed by atoms with Crippen molar-refractivity contribution in [3.05, 3.63) is 28.2 Å². The Morgan fingerprint density at radius 3 is 2.67 bits per heavy atom. The maximum absolute atomic E-state index is 11.3. The highest BCUT2D eigenvalue weighted by Gasteiger charge is 2.17. The zero-order valence-corrected chi connectivity index (χ0v) is 12.1. The number of hydrogen-bond acceptors (Lipinski definition) is 4. The number of anilines is 1. The Bertz CT molecular complexity index is 497. The predicted octanol–water partition coefficient (Wildman–Crippen LogP) is 1.11. The van der Waals surface area contributed by atoms with Gasteiger partial charge < -0.3 is 15.8 Å². The van der Waals surface area contributed by atoms with Crippen LogP contribution in [0.4, 0.5) is 5.69 Å². The summed E-state index contributed by atoms with van der Waals surface area (Å²) in [7, 11) is -0.684. The molecule has 2 rings (SSSR count). The Morgan fingerprint density at radius 1 is 1.44 bits per heavy atom. The first-order valence-corrected chi connectivity index (χ1v) is 7.77. The normalized spacial score (nSPS) is 18.1.